The van der Waals surface area contributed by atoms with E-state index in [9.17, 15) is 22.8 Å². The molecule has 1 aromatic heterocycles. The number of thiazole rings is 1. The fraction of sp³-hybridized carbons (Fsp3) is 0.0800. The largest absolute Gasteiger partial charge is 0.416 e. The van der Waals surface area contributed by atoms with Gasteiger partial charge in [0.05, 0.1) is 23.2 Å². The van der Waals surface area contributed by atoms with Gasteiger partial charge in [-0.2, -0.15) is 13.2 Å². The molecule has 0 radical (unpaired) electrons. The van der Waals surface area contributed by atoms with Crippen LogP contribution in [-0.2, 0) is 17.4 Å². The number of rotatable bonds is 6. The van der Waals surface area contributed by atoms with Gasteiger partial charge in [-0.15, -0.1) is 11.3 Å². The Morgan fingerprint density at radius 3 is 2.18 bits per heavy atom. The molecule has 0 aliphatic heterocycles. The van der Waals surface area contributed by atoms with Crippen molar-refractivity contribution in [3.63, 3.8) is 0 Å². The number of hydrogen-bond donors (Lipinski definition) is 2. The van der Waals surface area contributed by atoms with E-state index in [1.54, 1.807) is 65.5 Å². The summed E-state index contributed by atoms with van der Waals surface area (Å²) in [6.07, 6.45) is -4.44. The molecule has 172 valence electrons. The molecule has 0 spiro atoms. The highest BCUT2D eigenvalue weighted by molar-refractivity contribution is 7.07. The molecule has 1 heterocycles. The summed E-state index contributed by atoms with van der Waals surface area (Å²) in [5.41, 5.74) is 3.21. The van der Waals surface area contributed by atoms with Crippen molar-refractivity contribution in [1.29, 1.82) is 0 Å². The number of nitrogens with one attached hydrogen (secondary N) is 2. The van der Waals surface area contributed by atoms with Crippen LogP contribution in [0.25, 0.3) is 11.1 Å². The number of benzene rings is 3. The van der Waals surface area contributed by atoms with E-state index in [1.165, 1.54) is 17.4 Å². The zero-order valence-corrected chi connectivity index (χ0v) is 18.4. The van der Waals surface area contributed by atoms with E-state index >= 15 is 0 Å². The minimum atomic E-state index is -4.58. The van der Waals surface area contributed by atoms with Crippen LogP contribution in [-0.4, -0.2) is 16.8 Å². The number of carbonyl (C=O) groups is 2. The Balaban J connectivity index is 1.52. The number of alkyl halides is 3. The van der Waals surface area contributed by atoms with E-state index in [0.29, 0.717) is 28.2 Å². The van der Waals surface area contributed by atoms with Gasteiger partial charge in [-0.3, -0.25) is 9.59 Å². The van der Waals surface area contributed by atoms with Gasteiger partial charge in [0.15, 0.2) is 0 Å². The van der Waals surface area contributed by atoms with Crippen molar-refractivity contribution in [3.8, 4) is 11.1 Å². The molecule has 4 aromatic rings. The number of anilines is 2. The molecule has 0 atom stereocenters. The topological polar surface area (TPSA) is 71.1 Å². The van der Waals surface area contributed by atoms with E-state index in [4.69, 9.17) is 0 Å². The Morgan fingerprint density at radius 2 is 1.56 bits per heavy atom. The van der Waals surface area contributed by atoms with Gasteiger partial charge in [0.25, 0.3) is 5.91 Å². The summed E-state index contributed by atoms with van der Waals surface area (Å²) in [7, 11) is 0. The lowest BCUT2D eigenvalue weighted by Gasteiger charge is -2.14. The van der Waals surface area contributed by atoms with Crippen molar-refractivity contribution in [2.75, 3.05) is 10.6 Å². The average molecular weight is 481 g/mol. The predicted octanol–water partition coefficient (Wildman–Crippen LogP) is 6.26. The monoisotopic (exact) mass is 481 g/mol. The summed E-state index contributed by atoms with van der Waals surface area (Å²) < 4.78 is 39.9. The van der Waals surface area contributed by atoms with E-state index in [1.807, 2.05) is 0 Å². The van der Waals surface area contributed by atoms with Crippen molar-refractivity contribution in [2.24, 2.45) is 0 Å². The molecule has 0 bridgehead atoms. The Kier molecular flexibility index (Phi) is 6.74. The zero-order chi connectivity index (χ0) is 24.1. The van der Waals surface area contributed by atoms with Gasteiger partial charge in [0, 0.05) is 22.3 Å². The van der Waals surface area contributed by atoms with Crippen molar-refractivity contribution in [1.82, 2.24) is 4.98 Å². The lowest BCUT2D eigenvalue weighted by Crippen LogP contribution is -2.16. The third kappa shape index (κ3) is 5.68. The number of hydrogen-bond acceptors (Lipinski definition) is 4. The van der Waals surface area contributed by atoms with Gasteiger partial charge in [0.1, 0.15) is 0 Å². The smallest absolute Gasteiger partial charge is 0.326 e. The molecule has 4 rings (SSSR count). The first-order valence-corrected chi connectivity index (χ1v) is 11.1. The first-order valence-electron chi connectivity index (χ1n) is 10.1. The maximum absolute atomic E-state index is 13.3. The minimum Gasteiger partial charge on any atom is -0.326 e. The van der Waals surface area contributed by atoms with Gasteiger partial charge < -0.3 is 10.6 Å². The molecule has 2 amide bonds. The van der Waals surface area contributed by atoms with Crippen LogP contribution in [0.15, 0.2) is 83.7 Å². The number of aromatic nitrogens is 1. The average Bonchev–Trinajstić information content (AvgIpc) is 3.33. The van der Waals surface area contributed by atoms with E-state index in [2.05, 4.69) is 15.6 Å². The summed E-state index contributed by atoms with van der Waals surface area (Å²) in [5, 5.41) is 7.16. The number of nitrogens with zero attached hydrogens (tertiary/aromatic N) is 1. The van der Waals surface area contributed by atoms with Crippen LogP contribution in [0.2, 0.25) is 0 Å². The molecule has 0 aliphatic rings. The molecular weight excluding hydrogens is 463 g/mol. The molecule has 0 saturated carbocycles. The number of amides is 2. The molecule has 0 saturated heterocycles. The van der Waals surface area contributed by atoms with Crippen LogP contribution in [0.5, 0.6) is 0 Å². The van der Waals surface area contributed by atoms with Crippen LogP contribution >= 0.6 is 11.3 Å². The van der Waals surface area contributed by atoms with Gasteiger partial charge in [-0.05, 0) is 47.5 Å². The van der Waals surface area contributed by atoms with Crippen molar-refractivity contribution < 1.29 is 22.8 Å². The first kappa shape index (κ1) is 23.2. The molecule has 2 N–H and O–H groups in total. The minimum absolute atomic E-state index is 0.0957. The molecule has 5 nitrogen and oxygen atoms in total. The van der Waals surface area contributed by atoms with Crippen LogP contribution in [0.4, 0.5) is 24.5 Å². The summed E-state index contributed by atoms with van der Waals surface area (Å²) in [4.78, 5) is 29.1. The Labute approximate surface area is 197 Å². The normalized spacial score (nSPS) is 11.1. The summed E-state index contributed by atoms with van der Waals surface area (Å²) >= 11 is 1.40. The molecular formula is C25H18F3N3O2S. The predicted molar refractivity (Wildman–Crippen MR) is 126 cm³/mol. The molecule has 0 fully saturated rings. The highest BCUT2D eigenvalue weighted by Gasteiger charge is 2.32. The second-order valence-corrected chi connectivity index (χ2v) is 8.08. The second-order valence-electron chi connectivity index (χ2n) is 7.36. The first-order chi connectivity index (χ1) is 16.3. The molecule has 0 aliphatic carbocycles. The van der Waals surface area contributed by atoms with Crippen LogP contribution in [0.3, 0.4) is 0 Å². The molecule has 34 heavy (non-hydrogen) atoms. The Hall–Kier alpha value is -3.98. The van der Waals surface area contributed by atoms with Crippen LogP contribution in [0.1, 0.15) is 21.6 Å². The maximum atomic E-state index is 13.3. The summed E-state index contributed by atoms with van der Waals surface area (Å²) in [6.45, 7) is 0. The van der Waals surface area contributed by atoms with Gasteiger partial charge in [0.2, 0.25) is 5.91 Å². The number of halogens is 3. The molecule has 0 unspecified atom stereocenters. The summed E-state index contributed by atoms with van der Waals surface area (Å²) in [6, 6.07) is 18.2. The van der Waals surface area contributed by atoms with Gasteiger partial charge in [-0.25, -0.2) is 4.98 Å². The fourth-order valence-electron chi connectivity index (χ4n) is 3.31. The van der Waals surface area contributed by atoms with Crippen LogP contribution in [0, 0.1) is 0 Å². The quantitative estimate of drug-likeness (QED) is 0.341. The highest BCUT2D eigenvalue weighted by Crippen LogP contribution is 2.34. The summed E-state index contributed by atoms with van der Waals surface area (Å²) in [5.74, 6) is -0.913. The van der Waals surface area contributed by atoms with Crippen molar-refractivity contribution >= 4 is 34.5 Å². The lowest BCUT2D eigenvalue weighted by molar-refractivity contribution is -0.137. The van der Waals surface area contributed by atoms with Crippen LogP contribution < -0.4 is 10.6 Å². The third-order valence-corrected chi connectivity index (χ3v) is 5.56. The second kappa shape index (κ2) is 9.88. The van der Waals surface area contributed by atoms with E-state index < -0.39 is 17.6 Å². The van der Waals surface area contributed by atoms with Gasteiger partial charge in [-0.1, -0.05) is 36.4 Å². The molecule has 9 heteroatoms. The van der Waals surface area contributed by atoms with E-state index in [-0.39, 0.29) is 17.9 Å². The third-order valence-electron chi connectivity index (χ3n) is 4.93. The Morgan fingerprint density at radius 1 is 0.882 bits per heavy atom. The van der Waals surface area contributed by atoms with Crippen molar-refractivity contribution in [2.45, 2.75) is 12.6 Å². The Bertz CT molecular complexity index is 1290. The lowest BCUT2D eigenvalue weighted by atomic mass is 9.96. The fourth-order valence-corrected chi connectivity index (χ4v) is 3.87. The zero-order valence-electron chi connectivity index (χ0n) is 17.6. The maximum Gasteiger partial charge on any atom is 0.416 e. The van der Waals surface area contributed by atoms with E-state index in [0.717, 1.165) is 12.1 Å². The number of carbonyl (C=O) groups excluding carboxylic acids is 2. The SMILES string of the molecule is O=C(Cc1cscn1)Nc1ccc(NC(=O)c2cc(C(F)(F)F)ccc2-c2ccccc2)cc1. The molecule has 3 aromatic carbocycles. The van der Waals surface area contributed by atoms with Gasteiger partial charge >= 0.3 is 6.18 Å². The standard InChI is InChI=1S/C25H18F3N3O2S/c26-25(27,28)17-6-11-21(16-4-2-1-3-5-16)22(12-17)24(33)31-19-9-7-18(8-10-19)30-23(32)13-20-14-34-15-29-20/h1-12,14-15H,13H2,(H,30,32)(H,31,33). The van der Waals surface area contributed by atoms with Crippen molar-refractivity contribution in [3.05, 3.63) is 101 Å². The highest BCUT2D eigenvalue weighted by atomic mass is 32.1.